The molecule has 222 valence electrons. The highest BCUT2D eigenvalue weighted by Crippen LogP contribution is 2.55. The van der Waals surface area contributed by atoms with Gasteiger partial charge < -0.3 is 9.47 Å². The smallest absolute Gasteiger partial charge is 0.132 e. The van der Waals surface area contributed by atoms with E-state index in [-0.39, 0.29) is 0 Å². The van der Waals surface area contributed by atoms with Crippen molar-refractivity contribution in [3.8, 4) is 39.8 Å². The molecule has 0 fully saturated rings. The molecule has 0 spiro atoms. The van der Waals surface area contributed by atoms with Crippen LogP contribution in [0.5, 0.6) is 23.0 Å². The van der Waals surface area contributed by atoms with Crippen molar-refractivity contribution in [2.45, 2.75) is 19.3 Å². The highest BCUT2D eigenvalue weighted by Gasteiger charge is 2.46. The largest absolute Gasteiger partial charge is 0.457 e. The molecule has 46 heavy (non-hydrogen) atoms. The zero-order valence-corrected chi connectivity index (χ0v) is 25.6. The van der Waals surface area contributed by atoms with Crippen LogP contribution in [0.1, 0.15) is 33.5 Å². The number of para-hydroxylation sites is 2. The van der Waals surface area contributed by atoms with Crippen molar-refractivity contribution >= 4 is 0 Å². The summed E-state index contributed by atoms with van der Waals surface area (Å²) >= 11 is 0. The number of rotatable bonds is 6. The Labute approximate surface area is 268 Å². The number of pyridine rings is 1. The molecule has 3 heterocycles. The molecular weight excluding hydrogens is 566 g/mol. The molecule has 0 unspecified atom stereocenters. The van der Waals surface area contributed by atoms with Gasteiger partial charge >= 0.3 is 0 Å². The van der Waals surface area contributed by atoms with E-state index < -0.39 is 5.41 Å². The summed E-state index contributed by atoms with van der Waals surface area (Å²) in [5.74, 6) is 3.06. The van der Waals surface area contributed by atoms with Crippen LogP contribution in [0.25, 0.3) is 16.8 Å². The van der Waals surface area contributed by atoms with Crippen LogP contribution in [0.3, 0.4) is 0 Å². The Kier molecular flexibility index (Phi) is 6.72. The van der Waals surface area contributed by atoms with E-state index in [2.05, 4.69) is 97.8 Å². The number of benzene rings is 5. The number of hydrogen-bond acceptors (Lipinski definition) is 4. The predicted octanol–water partition coefficient (Wildman–Crippen LogP) is 9.83. The Balaban J connectivity index is 1.31. The average Bonchev–Trinajstić information content (AvgIpc) is 3.63. The van der Waals surface area contributed by atoms with Crippen LogP contribution in [0.2, 0.25) is 0 Å². The summed E-state index contributed by atoms with van der Waals surface area (Å²) in [6.07, 6.45) is 5.59. The second-order valence-corrected chi connectivity index (χ2v) is 11.6. The molecule has 0 amide bonds. The summed E-state index contributed by atoms with van der Waals surface area (Å²) < 4.78 is 15.1. The van der Waals surface area contributed by atoms with E-state index in [0.717, 1.165) is 56.6 Å². The van der Waals surface area contributed by atoms with Crippen molar-refractivity contribution < 1.29 is 9.47 Å². The normalized spacial score (nSPS) is 12.9. The standard InChI is InChI=1S/C41H31N3O2/c1-28-12-9-13-29(2)40(28)30-24-32(44-23-11-22-43-44)27-34(25-30)45-33-15-10-14-31(26-33)41(39-20-7-8-21-42-39)35-16-3-5-18-37(35)46-38-19-6-4-17-36(38)41/h3-27H,1-2H3. The van der Waals surface area contributed by atoms with Crippen molar-refractivity contribution in [1.29, 1.82) is 0 Å². The van der Waals surface area contributed by atoms with Gasteiger partial charge in [0, 0.05) is 35.8 Å². The zero-order valence-electron chi connectivity index (χ0n) is 25.6. The van der Waals surface area contributed by atoms with E-state index in [4.69, 9.17) is 14.5 Å². The lowest BCUT2D eigenvalue weighted by molar-refractivity contribution is 0.431. The third-order valence-corrected chi connectivity index (χ3v) is 8.78. The van der Waals surface area contributed by atoms with Crippen LogP contribution < -0.4 is 9.47 Å². The number of aromatic nitrogens is 3. The van der Waals surface area contributed by atoms with Gasteiger partial charge in [-0.1, -0.05) is 72.8 Å². The number of hydrogen-bond donors (Lipinski definition) is 0. The van der Waals surface area contributed by atoms with Gasteiger partial charge in [-0.05, 0) is 96.3 Å². The number of nitrogens with zero attached hydrogens (tertiary/aromatic N) is 3. The van der Waals surface area contributed by atoms with Gasteiger partial charge in [0.05, 0.1) is 16.8 Å². The van der Waals surface area contributed by atoms with Crippen molar-refractivity contribution in [3.63, 3.8) is 0 Å². The maximum Gasteiger partial charge on any atom is 0.132 e. The zero-order chi connectivity index (χ0) is 31.1. The number of aryl methyl sites for hydroxylation is 2. The second-order valence-electron chi connectivity index (χ2n) is 11.6. The highest BCUT2D eigenvalue weighted by atomic mass is 16.5. The molecule has 5 nitrogen and oxygen atoms in total. The first-order chi connectivity index (χ1) is 22.6. The minimum absolute atomic E-state index is 0.722. The van der Waals surface area contributed by atoms with Crippen molar-refractivity contribution in [1.82, 2.24) is 14.8 Å². The molecule has 5 heteroatoms. The lowest BCUT2D eigenvalue weighted by Crippen LogP contribution is -2.35. The molecule has 0 saturated heterocycles. The highest BCUT2D eigenvalue weighted by molar-refractivity contribution is 5.74. The minimum atomic E-state index is -0.730. The van der Waals surface area contributed by atoms with E-state index in [1.54, 1.807) is 6.20 Å². The molecule has 1 aliphatic heterocycles. The Hall–Kier alpha value is -5.94. The van der Waals surface area contributed by atoms with Crippen LogP contribution in [-0.2, 0) is 5.41 Å². The Morgan fingerprint density at radius 1 is 0.630 bits per heavy atom. The Morgan fingerprint density at radius 2 is 1.35 bits per heavy atom. The summed E-state index contributed by atoms with van der Waals surface area (Å²) in [7, 11) is 0. The van der Waals surface area contributed by atoms with E-state index in [1.165, 1.54) is 16.7 Å². The number of fused-ring (bicyclic) bond motifs is 2. The quantitative estimate of drug-likeness (QED) is 0.191. The van der Waals surface area contributed by atoms with Crippen LogP contribution in [0.4, 0.5) is 0 Å². The maximum atomic E-state index is 6.75. The second kappa shape index (κ2) is 11.2. The van der Waals surface area contributed by atoms with Crippen molar-refractivity contribution in [2.24, 2.45) is 0 Å². The van der Waals surface area contributed by atoms with Crippen LogP contribution >= 0.6 is 0 Å². The first-order valence-corrected chi connectivity index (χ1v) is 15.4. The molecule has 0 N–H and O–H groups in total. The van der Waals surface area contributed by atoms with Crippen molar-refractivity contribution in [2.75, 3.05) is 0 Å². The average molecular weight is 598 g/mol. The maximum absolute atomic E-state index is 6.75. The predicted molar refractivity (Wildman–Crippen MR) is 181 cm³/mol. The van der Waals surface area contributed by atoms with Gasteiger partial charge in [0.15, 0.2) is 0 Å². The number of ether oxygens (including phenoxy) is 2. The fraction of sp³-hybridized carbons (Fsp3) is 0.0732. The fourth-order valence-corrected chi connectivity index (χ4v) is 6.85. The summed E-state index contributed by atoms with van der Waals surface area (Å²) in [6, 6.07) is 45.5. The lowest BCUT2D eigenvalue weighted by Gasteiger charge is -2.40. The lowest BCUT2D eigenvalue weighted by atomic mass is 9.65. The fourth-order valence-electron chi connectivity index (χ4n) is 6.85. The summed E-state index contributed by atoms with van der Waals surface area (Å²) in [4.78, 5) is 4.96. The third kappa shape index (κ3) is 4.56. The topological polar surface area (TPSA) is 49.2 Å². The van der Waals surface area contributed by atoms with Gasteiger partial charge in [-0.15, -0.1) is 0 Å². The first-order valence-electron chi connectivity index (χ1n) is 15.4. The summed E-state index contributed by atoms with van der Waals surface area (Å²) in [6.45, 7) is 4.29. The van der Waals surface area contributed by atoms with E-state index in [0.29, 0.717) is 0 Å². The van der Waals surface area contributed by atoms with Gasteiger partial charge in [0.1, 0.15) is 23.0 Å². The Morgan fingerprint density at radius 3 is 2.04 bits per heavy atom. The molecule has 0 saturated carbocycles. The molecule has 0 bridgehead atoms. The SMILES string of the molecule is Cc1cccc(C)c1-c1cc(Oc2cccc(C3(c4ccccn4)c4ccccc4Oc4ccccc43)c2)cc(-n2cccn2)c1. The van der Waals surface area contributed by atoms with Crippen LogP contribution in [-0.4, -0.2) is 14.8 Å². The molecule has 7 aromatic rings. The molecule has 0 radical (unpaired) electrons. The molecule has 5 aromatic carbocycles. The van der Waals surface area contributed by atoms with Gasteiger partial charge in [-0.3, -0.25) is 4.98 Å². The molecule has 8 rings (SSSR count). The van der Waals surface area contributed by atoms with Crippen molar-refractivity contribution in [3.05, 3.63) is 186 Å². The molecule has 0 aliphatic carbocycles. The first kappa shape index (κ1) is 27.6. The van der Waals surface area contributed by atoms with Gasteiger partial charge in [0.25, 0.3) is 0 Å². The molecule has 1 aliphatic rings. The summed E-state index contributed by atoms with van der Waals surface area (Å²) in [5.41, 5.74) is 8.88. The summed E-state index contributed by atoms with van der Waals surface area (Å²) in [5, 5.41) is 4.52. The minimum Gasteiger partial charge on any atom is -0.457 e. The van der Waals surface area contributed by atoms with Gasteiger partial charge in [0.2, 0.25) is 0 Å². The van der Waals surface area contributed by atoms with Gasteiger partial charge in [-0.2, -0.15) is 5.10 Å². The van der Waals surface area contributed by atoms with Crippen LogP contribution in [0.15, 0.2) is 152 Å². The monoisotopic (exact) mass is 597 g/mol. The molecule has 0 atom stereocenters. The van der Waals surface area contributed by atoms with E-state index >= 15 is 0 Å². The van der Waals surface area contributed by atoms with Gasteiger partial charge in [-0.25, -0.2) is 4.68 Å². The van der Waals surface area contributed by atoms with E-state index in [9.17, 15) is 0 Å². The third-order valence-electron chi connectivity index (χ3n) is 8.78. The molecule has 2 aromatic heterocycles. The van der Waals surface area contributed by atoms with Crippen LogP contribution in [0, 0.1) is 13.8 Å². The Bertz CT molecular complexity index is 2120. The molecular formula is C41H31N3O2. The van der Waals surface area contributed by atoms with E-state index in [1.807, 2.05) is 71.7 Å².